The van der Waals surface area contributed by atoms with Crippen molar-refractivity contribution in [3.05, 3.63) is 125 Å². The Bertz CT molecular complexity index is 1360. The van der Waals surface area contributed by atoms with Crippen LogP contribution in [0.3, 0.4) is 0 Å². The number of nitrogens with zero attached hydrogens (tertiary/aromatic N) is 1. The third kappa shape index (κ3) is 6.41. The second-order valence-electron chi connectivity index (χ2n) is 9.94. The molecule has 0 atom stereocenters. The van der Waals surface area contributed by atoms with Crippen molar-refractivity contribution in [3.8, 4) is 0 Å². The van der Waals surface area contributed by atoms with Crippen LogP contribution in [0.15, 0.2) is 103 Å². The van der Waals surface area contributed by atoms with Crippen molar-refractivity contribution in [1.29, 1.82) is 0 Å². The number of benzene rings is 4. The Labute approximate surface area is 243 Å². The smallest absolute Gasteiger partial charge is 0.238 e. The van der Waals surface area contributed by atoms with E-state index in [1.807, 2.05) is 86.9 Å². The highest BCUT2D eigenvalue weighted by molar-refractivity contribution is 7.80. The Hall–Kier alpha value is -4.00. The highest BCUT2D eigenvalue weighted by Gasteiger charge is 2.39. The van der Waals surface area contributed by atoms with E-state index < -0.39 is 5.54 Å². The highest BCUT2D eigenvalue weighted by atomic mass is 32.1. The van der Waals surface area contributed by atoms with Gasteiger partial charge in [0.15, 0.2) is 0 Å². The summed E-state index contributed by atoms with van der Waals surface area (Å²) in [6.07, 6.45) is 1.69. The fraction of sp³-hybridized carbons (Fsp3) is 0.235. The van der Waals surface area contributed by atoms with Crippen molar-refractivity contribution in [3.63, 3.8) is 0 Å². The van der Waals surface area contributed by atoms with E-state index in [-0.39, 0.29) is 12.5 Å². The molecule has 0 radical (unpaired) electrons. The van der Waals surface area contributed by atoms with E-state index in [0.29, 0.717) is 4.99 Å². The largest absolute Gasteiger partial charge is 0.378 e. The first-order valence-electron chi connectivity index (χ1n) is 13.7. The maximum absolute atomic E-state index is 13.5. The Morgan fingerprint density at radius 3 is 1.73 bits per heavy atom. The van der Waals surface area contributed by atoms with Crippen LogP contribution < -0.4 is 20.9 Å². The SMILES string of the molecule is CCc1cccc(CC)c1NC(=O)CNC(C(=S)Nc1ccc(N(C)C)cc1)(c1ccccc1)c1ccccc1. The van der Waals surface area contributed by atoms with Gasteiger partial charge in [0, 0.05) is 31.2 Å². The van der Waals surface area contributed by atoms with E-state index in [1.54, 1.807) is 0 Å². The van der Waals surface area contributed by atoms with Gasteiger partial charge in [0.05, 0.1) is 6.54 Å². The van der Waals surface area contributed by atoms with Crippen molar-refractivity contribution in [1.82, 2.24) is 5.32 Å². The summed E-state index contributed by atoms with van der Waals surface area (Å²) < 4.78 is 0. The molecule has 0 bridgehead atoms. The number of nitrogens with one attached hydrogen (secondary N) is 3. The molecule has 4 aromatic carbocycles. The average Bonchev–Trinajstić information content (AvgIpc) is 2.99. The quantitative estimate of drug-likeness (QED) is 0.180. The van der Waals surface area contributed by atoms with Gasteiger partial charge in [0.2, 0.25) is 5.91 Å². The first kappa shape index (κ1) is 29.0. The average molecular weight is 551 g/mol. The molecule has 0 aromatic heterocycles. The first-order chi connectivity index (χ1) is 19.4. The molecule has 0 saturated heterocycles. The van der Waals surface area contributed by atoms with Crippen LogP contribution in [-0.2, 0) is 23.2 Å². The minimum atomic E-state index is -0.951. The van der Waals surface area contributed by atoms with Crippen molar-refractivity contribution in [2.75, 3.05) is 36.2 Å². The third-order valence-electron chi connectivity index (χ3n) is 7.17. The zero-order valence-electron chi connectivity index (χ0n) is 23.7. The minimum Gasteiger partial charge on any atom is -0.378 e. The lowest BCUT2D eigenvalue weighted by Crippen LogP contribution is -2.54. The molecule has 6 heteroatoms. The summed E-state index contributed by atoms with van der Waals surface area (Å²) >= 11 is 6.16. The zero-order valence-corrected chi connectivity index (χ0v) is 24.5. The molecule has 4 aromatic rings. The Morgan fingerprint density at radius 1 is 0.725 bits per heavy atom. The maximum Gasteiger partial charge on any atom is 0.238 e. The molecule has 5 nitrogen and oxygen atoms in total. The summed E-state index contributed by atoms with van der Waals surface area (Å²) in [6, 6.07) is 34.4. The van der Waals surface area contributed by atoms with Crippen LogP contribution in [0.5, 0.6) is 0 Å². The predicted octanol–water partition coefficient (Wildman–Crippen LogP) is 6.79. The number of anilines is 3. The number of para-hydroxylation sites is 1. The molecule has 0 unspecified atom stereocenters. The fourth-order valence-electron chi connectivity index (χ4n) is 4.96. The van der Waals surface area contributed by atoms with E-state index in [1.165, 1.54) is 0 Å². The second kappa shape index (κ2) is 13.4. The molecule has 0 saturated carbocycles. The molecule has 0 heterocycles. The predicted molar refractivity (Wildman–Crippen MR) is 172 cm³/mol. The molecule has 0 aliphatic heterocycles. The van der Waals surface area contributed by atoms with E-state index in [4.69, 9.17) is 12.2 Å². The van der Waals surface area contributed by atoms with Gasteiger partial charge in [-0.15, -0.1) is 0 Å². The lowest BCUT2D eigenvalue weighted by Gasteiger charge is -2.37. The van der Waals surface area contributed by atoms with Gasteiger partial charge in [-0.2, -0.15) is 0 Å². The number of hydrogen-bond donors (Lipinski definition) is 3. The molecule has 3 N–H and O–H groups in total. The molecular formula is C34H38N4OS. The van der Waals surface area contributed by atoms with Gasteiger partial charge in [-0.1, -0.05) is 105 Å². The summed E-state index contributed by atoms with van der Waals surface area (Å²) in [5.74, 6) is -0.120. The van der Waals surface area contributed by atoms with E-state index in [9.17, 15) is 4.79 Å². The molecule has 0 spiro atoms. The number of rotatable bonds is 11. The van der Waals surface area contributed by atoms with Crippen molar-refractivity contribution in [2.45, 2.75) is 32.2 Å². The molecule has 1 amide bonds. The molecular weight excluding hydrogens is 512 g/mol. The topological polar surface area (TPSA) is 56.4 Å². The standard InChI is InChI=1S/C34H38N4OS/c1-5-25-14-13-15-26(6-2)32(25)37-31(39)24-35-34(27-16-9-7-10-17-27,28-18-11-8-12-19-28)33(40)36-29-20-22-30(23-21-29)38(3)4/h7-23,35H,5-6,24H2,1-4H3,(H,36,40)(H,37,39). The Kier molecular flexibility index (Phi) is 9.70. The number of carbonyl (C=O) groups excluding carboxylic acids is 1. The third-order valence-corrected chi connectivity index (χ3v) is 7.58. The molecule has 206 valence electrons. The normalized spacial score (nSPS) is 11.1. The van der Waals surface area contributed by atoms with Crippen molar-refractivity contribution < 1.29 is 4.79 Å². The number of amides is 1. The van der Waals surface area contributed by atoms with Gasteiger partial charge in [-0.3, -0.25) is 10.1 Å². The van der Waals surface area contributed by atoms with Gasteiger partial charge in [-0.25, -0.2) is 0 Å². The number of carbonyl (C=O) groups is 1. The Balaban J connectivity index is 1.70. The second-order valence-corrected chi connectivity index (χ2v) is 10.3. The minimum absolute atomic E-state index is 0.0619. The lowest BCUT2D eigenvalue weighted by molar-refractivity contribution is -0.115. The first-order valence-corrected chi connectivity index (χ1v) is 14.1. The van der Waals surface area contributed by atoms with Gasteiger partial charge in [0.25, 0.3) is 0 Å². The monoisotopic (exact) mass is 550 g/mol. The van der Waals surface area contributed by atoms with Crippen LogP contribution in [0.4, 0.5) is 17.1 Å². The summed E-state index contributed by atoms with van der Waals surface area (Å²) in [6.45, 7) is 4.27. The summed E-state index contributed by atoms with van der Waals surface area (Å²) in [5.41, 5.74) is 6.08. The molecule has 40 heavy (non-hydrogen) atoms. The van der Waals surface area contributed by atoms with Crippen LogP contribution in [-0.4, -0.2) is 31.5 Å². The number of thiocarbonyl (C=S) groups is 1. The molecule has 0 aliphatic rings. The van der Waals surface area contributed by atoms with E-state index >= 15 is 0 Å². The summed E-state index contributed by atoms with van der Waals surface area (Å²) in [7, 11) is 4.03. The maximum atomic E-state index is 13.5. The van der Waals surface area contributed by atoms with Gasteiger partial charge in [0.1, 0.15) is 10.5 Å². The fourth-order valence-corrected chi connectivity index (χ4v) is 5.38. The van der Waals surface area contributed by atoms with Gasteiger partial charge in [-0.05, 0) is 59.4 Å². The molecule has 4 rings (SSSR count). The van der Waals surface area contributed by atoms with Crippen LogP contribution in [0, 0.1) is 0 Å². The van der Waals surface area contributed by atoms with Gasteiger partial charge < -0.3 is 15.5 Å². The summed E-state index contributed by atoms with van der Waals surface area (Å²) in [5, 5.41) is 10.3. The molecule has 0 aliphatic carbocycles. The highest BCUT2D eigenvalue weighted by Crippen LogP contribution is 2.33. The number of hydrogen-bond acceptors (Lipinski definition) is 4. The molecule has 0 fully saturated rings. The van der Waals surface area contributed by atoms with Crippen LogP contribution in [0.25, 0.3) is 0 Å². The van der Waals surface area contributed by atoms with Crippen LogP contribution >= 0.6 is 12.2 Å². The number of aryl methyl sites for hydroxylation is 2. The van der Waals surface area contributed by atoms with Crippen molar-refractivity contribution >= 4 is 40.2 Å². The van der Waals surface area contributed by atoms with Crippen molar-refractivity contribution in [2.24, 2.45) is 0 Å². The van der Waals surface area contributed by atoms with Crippen LogP contribution in [0.1, 0.15) is 36.1 Å². The zero-order chi connectivity index (χ0) is 28.5. The lowest BCUT2D eigenvalue weighted by atomic mass is 9.82. The van der Waals surface area contributed by atoms with Gasteiger partial charge >= 0.3 is 0 Å². The van der Waals surface area contributed by atoms with E-state index in [2.05, 4.69) is 65.0 Å². The summed E-state index contributed by atoms with van der Waals surface area (Å²) in [4.78, 5) is 16.1. The van der Waals surface area contributed by atoms with E-state index in [0.717, 1.165) is 52.2 Å². The van der Waals surface area contributed by atoms with Crippen LogP contribution in [0.2, 0.25) is 0 Å². The Morgan fingerprint density at radius 2 is 1.25 bits per heavy atom.